The number of phenols is 2. The maximum absolute atomic E-state index is 15.4. The number of phenolic OH excluding ortho intramolecular Hbond substituents is 2. The summed E-state index contributed by atoms with van der Waals surface area (Å²) in [6.07, 6.45) is -6.62. The van der Waals surface area contributed by atoms with Crippen LogP contribution in [-0.2, 0) is 87.9 Å². The van der Waals surface area contributed by atoms with Gasteiger partial charge in [0, 0.05) is 121 Å². The van der Waals surface area contributed by atoms with Crippen LogP contribution in [0, 0.1) is 11.2 Å². The van der Waals surface area contributed by atoms with Gasteiger partial charge in [-0.05, 0) is 110 Å². The minimum Gasteiger partial charge on any atom is -0.504 e. The van der Waals surface area contributed by atoms with Gasteiger partial charge in [0.15, 0.2) is 23.5 Å². The van der Waals surface area contributed by atoms with E-state index in [1.54, 1.807) is 11.8 Å². The predicted molar refractivity (Wildman–Crippen MR) is 456 cm³/mol. The lowest BCUT2D eigenvalue weighted by Gasteiger charge is -2.35. The molecule has 4 aromatic rings. The van der Waals surface area contributed by atoms with E-state index in [9.17, 15) is 132 Å². The number of halogens is 1. The number of hydrogen-bond acceptors (Lipinski definition) is 31. The third-order valence-corrected chi connectivity index (χ3v) is 21.6. The normalized spacial score (nSPS) is 18.2. The number of aromatic nitrogens is 2. The molecule has 3 aliphatic rings. The van der Waals surface area contributed by atoms with Crippen molar-refractivity contribution in [1.29, 1.82) is 5.41 Å². The Bertz CT molecular complexity index is 4960. The van der Waals surface area contributed by atoms with Crippen LogP contribution < -0.4 is 95.1 Å². The maximum atomic E-state index is 15.4. The van der Waals surface area contributed by atoms with Gasteiger partial charge >= 0.3 is 18.0 Å². The minimum atomic E-state index is -2.26. The smallest absolute Gasteiger partial charge is 0.412 e. The van der Waals surface area contributed by atoms with Gasteiger partial charge in [-0.15, -0.1) is 0 Å². The number of piperazine rings is 1. The van der Waals surface area contributed by atoms with Crippen LogP contribution in [0.4, 0.5) is 26.4 Å². The van der Waals surface area contributed by atoms with Crippen LogP contribution in [0.15, 0.2) is 41.3 Å². The van der Waals surface area contributed by atoms with Gasteiger partial charge in [0.1, 0.15) is 70.4 Å². The second-order valence-electron chi connectivity index (χ2n) is 31.4. The van der Waals surface area contributed by atoms with Crippen molar-refractivity contribution in [2.24, 2.45) is 5.73 Å². The third-order valence-electron chi connectivity index (χ3n) is 21.6. The van der Waals surface area contributed by atoms with E-state index in [1.165, 1.54) is 39.3 Å². The molecular weight excluding hydrogens is 1750 g/mol. The number of aryl methyl sites for hydroxylation is 1. The number of hydroxylamine groups is 4. The lowest BCUT2D eigenvalue weighted by Crippen LogP contribution is -2.65. The number of aliphatic hydroxyl groups excluding tert-OH is 4. The fourth-order valence-electron chi connectivity index (χ4n) is 14.4. The molecule has 0 bridgehead atoms. The first-order valence-electron chi connectivity index (χ1n) is 42.3. The number of carbonyl (C=O) groups is 17. The number of nitrogens with zero attached hydrogens (tertiary/aromatic N) is 6. The summed E-state index contributed by atoms with van der Waals surface area (Å²) >= 11 is 0. The Morgan fingerprint density at radius 3 is 1.93 bits per heavy atom. The van der Waals surface area contributed by atoms with E-state index >= 15 is 4.39 Å². The Hall–Kier alpha value is -14.0. The number of fused-ring (bicyclic) bond motifs is 4. The van der Waals surface area contributed by atoms with Gasteiger partial charge in [0.05, 0.1) is 49.6 Å². The predicted octanol–water partition coefficient (Wildman–Crippen LogP) is -6.91. The molecule has 0 radical (unpaired) electrons. The van der Waals surface area contributed by atoms with E-state index in [0.29, 0.717) is 5.52 Å². The van der Waals surface area contributed by atoms with Gasteiger partial charge in [-0.25, -0.2) is 28.7 Å². The number of carboxylic acid groups (broad SMARTS) is 1. The number of guanidine groups is 1. The second kappa shape index (κ2) is 50.3. The standard InChI is InChI=1S/C80H113FN22O29/c1-5-98-36-46(76(125)126)66(116)45-33-47(81)57(34-56(45)98)99-27-29-100(30-28-99)79(128)132-41-131-63(115)17-16-61(113)85-24-23-84-60(112)14-15-62(114)89-51-31-44-32-58(110)59(111)35-55(44)103-54(18-22-86-67(51)103)73(122)93-52(37-104)71(120)91-48(12-8-21-88-78(82)83)68(117)92-53(38-105)72(121)97-80(4,19-10-26-102(130)40-107)77(127)94-50-11-6-7-20-87-74(123)64(42(2)108)96-75(124)65(43(3)109)95-70(119)49(90-69(50)118)13-9-25-101(129)39-106/h31-36,39-40,42-43,48-50,52-54,64-65,104-105,108-109,129-130H,5-30,37-38,41H2,1-4H3,(H19,82,83,84,85,86,87,88,89,90,91,92,93,94,95,96,97,110,111,112,113,114,117,118,119,120,121,122,123,124,125,126,127)/p+1/t42?,43?,48-,49-,50-,52+,53+,54-,64+,65-,80-/m0/s1. The molecule has 3 aliphatic heterocycles. The zero-order valence-electron chi connectivity index (χ0n) is 72.7. The number of hydrogen-bond donors (Lipinski definition) is 25. The number of ether oxygens (including phenoxy) is 2. The number of carbonyl (C=O) groups excluding carboxylic acids is 16. The summed E-state index contributed by atoms with van der Waals surface area (Å²) in [5.74, 6) is -17.1. The molecule has 0 spiro atoms. The van der Waals surface area contributed by atoms with Crippen molar-refractivity contribution in [2.75, 3.05) is 108 Å². The number of pyridine rings is 2. The molecule has 724 valence electrons. The molecule has 11 atom stereocenters. The van der Waals surface area contributed by atoms with Crippen molar-refractivity contribution in [3.8, 4) is 11.5 Å². The lowest BCUT2D eigenvalue weighted by atomic mass is 9.92. The van der Waals surface area contributed by atoms with Crippen molar-refractivity contribution in [1.82, 2.24) is 83.4 Å². The van der Waals surface area contributed by atoms with Crippen molar-refractivity contribution < 1.29 is 146 Å². The molecule has 2 fully saturated rings. The Morgan fingerprint density at radius 1 is 0.697 bits per heavy atom. The number of carboxylic acids is 1. The summed E-state index contributed by atoms with van der Waals surface area (Å²) in [4.78, 5) is 243. The van der Waals surface area contributed by atoms with Crippen molar-refractivity contribution >= 4 is 147 Å². The highest BCUT2D eigenvalue weighted by atomic mass is 19.1. The molecule has 0 aliphatic carbocycles. The average Bonchev–Trinajstić information content (AvgIpc) is 0.748. The molecule has 7 rings (SSSR count). The number of esters is 1. The summed E-state index contributed by atoms with van der Waals surface area (Å²) in [5, 5.41) is 137. The molecule has 0 saturated carbocycles. The Labute approximate surface area is 751 Å². The zero-order chi connectivity index (χ0) is 97.4. The fourth-order valence-corrected chi connectivity index (χ4v) is 14.4. The van der Waals surface area contributed by atoms with Crippen LogP contribution in [0.1, 0.15) is 134 Å². The summed E-state index contributed by atoms with van der Waals surface area (Å²) < 4.78 is 28.3. The van der Waals surface area contributed by atoms with Crippen LogP contribution in [-0.4, -0.2) is 325 Å². The molecule has 52 heteroatoms. The largest absolute Gasteiger partial charge is 0.504 e. The highest BCUT2D eigenvalue weighted by Crippen LogP contribution is 2.36. The van der Waals surface area contributed by atoms with Gasteiger partial charge in [-0.2, -0.15) is 0 Å². The number of amides is 15. The summed E-state index contributed by atoms with van der Waals surface area (Å²) in [7, 11) is 0. The lowest BCUT2D eigenvalue weighted by molar-refractivity contribution is -0.674. The monoisotopic (exact) mass is 1870 g/mol. The quantitative estimate of drug-likeness (QED) is 0.00187. The van der Waals surface area contributed by atoms with E-state index in [1.807, 2.05) is 0 Å². The van der Waals surface area contributed by atoms with E-state index in [2.05, 4.69) is 74.4 Å². The molecular formula is C80H114FN22O29+. The number of aromatic carboxylic acids is 1. The van der Waals surface area contributed by atoms with Gasteiger partial charge in [-0.1, -0.05) is 0 Å². The number of nitrogens with two attached hydrogens (primary N) is 1. The van der Waals surface area contributed by atoms with Gasteiger partial charge in [-0.3, -0.25) is 97.9 Å². The Morgan fingerprint density at radius 2 is 1.30 bits per heavy atom. The first kappa shape index (κ1) is 105. The summed E-state index contributed by atoms with van der Waals surface area (Å²) in [6.45, 7) is 1.23. The molecule has 2 saturated heterocycles. The van der Waals surface area contributed by atoms with Gasteiger partial charge < -0.3 is 134 Å². The Balaban J connectivity index is 0.951. The number of nitrogens with one attached hydrogen (secondary N) is 15. The van der Waals surface area contributed by atoms with Gasteiger partial charge in [0.2, 0.25) is 90.0 Å². The highest BCUT2D eigenvalue weighted by molar-refractivity contribution is 6.02. The molecule has 2 aromatic carbocycles. The van der Waals surface area contributed by atoms with Crippen LogP contribution in [0.2, 0.25) is 0 Å². The average molecular weight is 1870 g/mol. The summed E-state index contributed by atoms with van der Waals surface area (Å²) in [6, 6.07) is -7.85. The molecule has 51 nitrogen and oxygen atoms in total. The Kier molecular flexibility index (Phi) is 40.0. The van der Waals surface area contributed by atoms with Crippen molar-refractivity contribution in [3.63, 3.8) is 0 Å². The molecule has 2 aromatic heterocycles. The van der Waals surface area contributed by atoms with E-state index in [4.69, 9.17) is 20.6 Å². The minimum absolute atomic E-state index is 0.00804. The molecule has 26 N–H and O–H groups in total. The van der Waals surface area contributed by atoms with Crippen LogP contribution >= 0.6 is 0 Å². The molecule has 2 unspecified atom stereocenters. The molecule has 5 heterocycles. The molecule has 132 heavy (non-hydrogen) atoms. The number of benzene rings is 2. The van der Waals surface area contributed by atoms with Gasteiger partial charge in [0.25, 0.3) is 11.7 Å². The van der Waals surface area contributed by atoms with Crippen molar-refractivity contribution in [2.45, 2.75) is 190 Å². The number of anilines is 3. The van der Waals surface area contributed by atoms with Crippen molar-refractivity contribution in [3.05, 3.63) is 58.1 Å². The maximum Gasteiger partial charge on any atom is 0.412 e. The fraction of sp³-hybridized carbons (Fsp3) is 0.550. The first-order chi connectivity index (χ1) is 62.7. The first-order valence-corrected chi connectivity index (χ1v) is 42.3. The third kappa shape index (κ3) is 30.0. The number of aromatic hydroxyl groups is 2. The SMILES string of the molecule is CCn1cc(C(=O)O)c(=O)c2cc(F)c(N3CCN(C(=O)OCOC(=O)CCC(=O)NCCNC(=O)CCC(=O)Nc4cc5cc(O)c(O)cc5[n+]5c4NCC[C@H]5C(=O)N[C@H](CO)C(=O)N[C@@H](CCCNC(=N)N)C(=O)N[C@H](CO)C(=O)N[C@@](C)(CCCN(O)C=O)C(=O)N[C@H]4CCCCNC(=O)[C@@H](C(C)O)NC(=O)[C@H](C(C)O)NC(=O)[C@H](CCCN(O)C=O)NC4=O)CC3)cc21. The van der Waals surface area contributed by atoms with E-state index in [0.717, 1.165) is 32.0 Å². The summed E-state index contributed by atoms with van der Waals surface area (Å²) in [5.41, 5.74) is 2.38. The topological polar surface area (TPSA) is 748 Å². The molecule has 15 amide bonds. The number of aliphatic hydroxyl groups is 4. The van der Waals surface area contributed by atoms with Crippen LogP contribution in [0.3, 0.4) is 0 Å². The van der Waals surface area contributed by atoms with E-state index in [-0.39, 0.29) is 186 Å². The van der Waals surface area contributed by atoms with Crippen LogP contribution in [0.5, 0.6) is 11.5 Å². The van der Waals surface area contributed by atoms with E-state index < -0.39 is 248 Å². The van der Waals surface area contributed by atoms with Crippen LogP contribution in [0.25, 0.3) is 21.8 Å². The number of rotatable bonds is 43. The second-order valence-corrected chi connectivity index (χ2v) is 31.4. The highest BCUT2D eigenvalue weighted by Gasteiger charge is 2.43. The zero-order valence-corrected chi connectivity index (χ0v) is 72.7.